The van der Waals surface area contributed by atoms with E-state index >= 15 is 0 Å². The van der Waals surface area contributed by atoms with Crippen molar-refractivity contribution < 1.29 is 9.32 Å². The molecule has 1 saturated heterocycles. The first-order valence-electron chi connectivity index (χ1n) is 8.89. The zero-order chi connectivity index (χ0) is 19.0. The van der Waals surface area contributed by atoms with Crippen molar-refractivity contribution >= 4 is 22.9 Å². The number of carbonyl (C=O) groups excluding carboxylic acids is 1. The van der Waals surface area contributed by atoms with Crippen LogP contribution in [0.5, 0.6) is 0 Å². The number of nitrogens with two attached hydrogens (primary N) is 1. The Balaban J connectivity index is 1.40. The lowest BCUT2D eigenvalue weighted by molar-refractivity contribution is -0.136. The highest BCUT2D eigenvalue weighted by Crippen LogP contribution is 2.21. The third-order valence-electron chi connectivity index (χ3n) is 4.90. The first-order valence-corrected chi connectivity index (χ1v) is 8.89. The third kappa shape index (κ3) is 3.35. The molecule has 1 aliphatic heterocycles. The summed E-state index contributed by atoms with van der Waals surface area (Å²) in [6.45, 7) is 7.38. The summed E-state index contributed by atoms with van der Waals surface area (Å²) in [5.41, 5.74) is 7.80. The lowest BCUT2D eigenvalue weighted by Gasteiger charge is -2.35. The highest BCUT2D eigenvalue weighted by atomic mass is 16.5. The monoisotopic (exact) mass is 370 g/mol. The molecule has 4 rings (SSSR count). The van der Waals surface area contributed by atoms with Gasteiger partial charge in [-0.25, -0.2) is 15.0 Å². The summed E-state index contributed by atoms with van der Waals surface area (Å²) < 4.78 is 7.02. The molecule has 1 fully saturated rings. The van der Waals surface area contributed by atoms with E-state index < -0.39 is 6.04 Å². The van der Waals surface area contributed by atoms with Crippen molar-refractivity contribution in [2.75, 3.05) is 31.9 Å². The highest BCUT2D eigenvalue weighted by molar-refractivity contribution is 5.85. The Morgan fingerprint density at radius 3 is 2.74 bits per heavy atom. The summed E-state index contributed by atoms with van der Waals surface area (Å²) >= 11 is 0. The smallest absolute Gasteiger partial charge is 0.245 e. The maximum absolute atomic E-state index is 12.9. The second-order valence-corrected chi connectivity index (χ2v) is 6.79. The van der Waals surface area contributed by atoms with E-state index in [0.717, 1.165) is 24.5 Å². The van der Waals surface area contributed by atoms with Crippen molar-refractivity contribution in [2.45, 2.75) is 26.4 Å². The van der Waals surface area contributed by atoms with E-state index in [4.69, 9.17) is 10.3 Å². The number of fused-ring (bicyclic) bond motifs is 1. The highest BCUT2D eigenvalue weighted by Gasteiger charge is 2.27. The Hall–Kier alpha value is -3.01. The van der Waals surface area contributed by atoms with Gasteiger partial charge in [0.2, 0.25) is 5.91 Å². The number of aromatic nitrogens is 5. The summed E-state index contributed by atoms with van der Waals surface area (Å²) in [6, 6.07) is 1.53. The van der Waals surface area contributed by atoms with Gasteiger partial charge in [0.25, 0.3) is 0 Å². The minimum absolute atomic E-state index is 0.0432. The summed E-state index contributed by atoms with van der Waals surface area (Å²) in [7, 11) is 0. The van der Waals surface area contributed by atoms with Gasteiger partial charge in [0.15, 0.2) is 17.2 Å². The van der Waals surface area contributed by atoms with Crippen LogP contribution in [0.25, 0.3) is 11.2 Å². The number of hydrogen-bond donors (Lipinski definition) is 1. The van der Waals surface area contributed by atoms with Gasteiger partial charge in [-0.3, -0.25) is 9.69 Å². The average Bonchev–Trinajstić information content (AvgIpc) is 3.28. The van der Waals surface area contributed by atoms with Crippen LogP contribution in [-0.4, -0.2) is 66.6 Å². The van der Waals surface area contributed by atoms with Crippen molar-refractivity contribution in [3.8, 4) is 0 Å². The van der Waals surface area contributed by atoms with E-state index in [0.29, 0.717) is 36.6 Å². The quantitative estimate of drug-likeness (QED) is 0.709. The number of nitrogens with zero attached hydrogens (tertiary/aromatic N) is 7. The van der Waals surface area contributed by atoms with E-state index in [9.17, 15) is 4.79 Å². The normalized spacial score (nSPS) is 16.7. The second-order valence-electron chi connectivity index (χ2n) is 6.79. The van der Waals surface area contributed by atoms with Crippen LogP contribution in [0.3, 0.4) is 0 Å². The number of carbonyl (C=O) groups is 1. The van der Waals surface area contributed by atoms with Crippen LogP contribution in [0.15, 0.2) is 23.2 Å². The summed E-state index contributed by atoms with van der Waals surface area (Å²) in [5.74, 6) is 1.21. The molecular weight excluding hydrogens is 348 g/mol. The molecule has 0 saturated carbocycles. The maximum atomic E-state index is 12.9. The van der Waals surface area contributed by atoms with Crippen LogP contribution in [0.2, 0.25) is 0 Å². The minimum Gasteiger partial charge on any atom is -0.382 e. The topological polar surface area (TPSA) is 119 Å². The van der Waals surface area contributed by atoms with Crippen LogP contribution >= 0.6 is 0 Å². The predicted molar refractivity (Wildman–Crippen MR) is 97.5 cm³/mol. The van der Waals surface area contributed by atoms with Crippen molar-refractivity contribution in [3.05, 3.63) is 30.2 Å². The molecule has 3 aromatic rings. The molecule has 0 radical (unpaired) electrons. The number of amides is 1. The van der Waals surface area contributed by atoms with Crippen LogP contribution in [-0.2, 0) is 11.3 Å². The van der Waals surface area contributed by atoms with Gasteiger partial charge in [-0.15, -0.1) is 0 Å². The molecule has 4 heterocycles. The molecular formula is C17H22N8O2. The van der Waals surface area contributed by atoms with E-state index in [1.165, 1.54) is 6.33 Å². The molecule has 10 heteroatoms. The molecule has 0 aromatic carbocycles. The van der Waals surface area contributed by atoms with Crippen molar-refractivity contribution in [1.82, 2.24) is 34.5 Å². The number of anilines is 1. The van der Waals surface area contributed by atoms with Crippen molar-refractivity contribution in [1.29, 1.82) is 0 Å². The van der Waals surface area contributed by atoms with Crippen LogP contribution < -0.4 is 5.73 Å². The molecule has 0 spiro atoms. The molecule has 1 unspecified atom stereocenters. The first-order chi connectivity index (χ1) is 13.0. The molecule has 1 amide bonds. The fourth-order valence-electron chi connectivity index (χ4n) is 3.37. The maximum Gasteiger partial charge on any atom is 0.245 e. The molecule has 1 atom stereocenters. The fourth-order valence-corrected chi connectivity index (χ4v) is 3.37. The number of rotatable bonds is 4. The van der Waals surface area contributed by atoms with Gasteiger partial charge in [0, 0.05) is 32.2 Å². The molecule has 0 bridgehead atoms. The predicted octanol–water partition coefficient (Wildman–Crippen LogP) is 0.610. The Labute approximate surface area is 156 Å². The lowest BCUT2D eigenvalue weighted by Crippen LogP contribution is -2.49. The van der Waals surface area contributed by atoms with Crippen LogP contribution in [0, 0.1) is 6.92 Å². The lowest BCUT2D eigenvalue weighted by atomic mass is 10.2. The van der Waals surface area contributed by atoms with Gasteiger partial charge in [-0.05, 0) is 13.8 Å². The number of hydrogen-bond acceptors (Lipinski definition) is 8. The van der Waals surface area contributed by atoms with Gasteiger partial charge in [-0.2, -0.15) is 0 Å². The third-order valence-corrected chi connectivity index (χ3v) is 4.90. The molecule has 1 aliphatic rings. The Bertz CT molecular complexity index is 957. The molecule has 10 nitrogen and oxygen atoms in total. The summed E-state index contributed by atoms with van der Waals surface area (Å²) in [4.78, 5) is 29.5. The van der Waals surface area contributed by atoms with Gasteiger partial charge in [-0.1, -0.05) is 5.16 Å². The summed E-state index contributed by atoms with van der Waals surface area (Å²) in [6.07, 6.45) is 2.98. The van der Waals surface area contributed by atoms with E-state index in [-0.39, 0.29) is 5.91 Å². The zero-order valence-corrected chi connectivity index (χ0v) is 15.4. The summed E-state index contributed by atoms with van der Waals surface area (Å²) in [5, 5.41) is 3.91. The Morgan fingerprint density at radius 2 is 2.04 bits per heavy atom. The van der Waals surface area contributed by atoms with E-state index in [2.05, 4.69) is 25.0 Å². The minimum atomic E-state index is -0.409. The second kappa shape index (κ2) is 6.95. The fraction of sp³-hybridized carbons (Fsp3) is 0.471. The molecule has 0 aliphatic carbocycles. The number of imidazole rings is 1. The zero-order valence-electron chi connectivity index (χ0n) is 15.4. The average molecular weight is 370 g/mol. The number of nitrogen functional groups attached to an aromatic ring is 1. The van der Waals surface area contributed by atoms with E-state index in [1.54, 1.807) is 10.9 Å². The van der Waals surface area contributed by atoms with Gasteiger partial charge in [0.05, 0.1) is 18.6 Å². The SMILES string of the molecule is Cc1cc(CN2CCN(C(=O)C(C)n3cnc4c(N)ncnc43)CC2)on1. The Kier molecular flexibility index (Phi) is 4.48. The van der Waals surface area contributed by atoms with Crippen LogP contribution in [0.1, 0.15) is 24.4 Å². The Morgan fingerprint density at radius 1 is 1.26 bits per heavy atom. The van der Waals surface area contributed by atoms with E-state index in [1.807, 2.05) is 24.8 Å². The van der Waals surface area contributed by atoms with Gasteiger partial charge < -0.3 is 19.7 Å². The number of piperazine rings is 1. The van der Waals surface area contributed by atoms with Crippen molar-refractivity contribution in [3.63, 3.8) is 0 Å². The van der Waals surface area contributed by atoms with Crippen molar-refractivity contribution in [2.24, 2.45) is 0 Å². The molecule has 27 heavy (non-hydrogen) atoms. The molecule has 142 valence electrons. The molecule has 3 aromatic heterocycles. The standard InChI is InChI=1S/C17H22N8O2/c1-11-7-13(27-22-11)8-23-3-5-24(6-4-23)17(26)12(2)25-10-21-14-15(18)19-9-20-16(14)25/h7,9-10,12H,3-6,8H2,1-2H3,(H2,18,19,20). The van der Waals surface area contributed by atoms with Crippen LogP contribution in [0.4, 0.5) is 5.82 Å². The number of aryl methyl sites for hydroxylation is 1. The first kappa shape index (κ1) is 17.4. The van der Waals surface area contributed by atoms with Gasteiger partial charge >= 0.3 is 0 Å². The molecule has 2 N–H and O–H groups in total. The van der Waals surface area contributed by atoms with Gasteiger partial charge in [0.1, 0.15) is 17.9 Å². The largest absolute Gasteiger partial charge is 0.382 e.